The van der Waals surface area contributed by atoms with E-state index < -0.39 is 47.9 Å². The number of aromatic nitrogens is 1. The van der Waals surface area contributed by atoms with E-state index in [0.29, 0.717) is 18.6 Å². The van der Waals surface area contributed by atoms with Crippen LogP contribution in [0.15, 0.2) is 30.5 Å². The smallest absolute Gasteiger partial charge is 0.327 e. The quantitative estimate of drug-likeness (QED) is 0.164. The van der Waals surface area contributed by atoms with Gasteiger partial charge in [-0.1, -0.05) is 38.5 Å². The number of thioether (sulfide) groups is 1. The third-order valence-electron chi connectivity index (χ3n) is 6.33. The molecule has 0 radical (unpaired) electrons. The van der Waals surface area contributed by atoms with E-state index in [9.17, 15) is 24.3 Å². The fourth-order valence-corrected chi connectivity index (χ4v) is 4.46. The zero-order valence-electron chi connectivity index (χ0n) is 21.3. The molecular weight excluding hydrogens is 514 g/mol. The van der Waals surface area contributed by atoms with Crippen LogP contribution in [-0.4, -0.2) is 75.7 Å². The average Bonchev–Trinajstić information content (AvgIpc) is 3.30. The van der Waals surface area contributed by atoms with Crippen LogP contribution in [0, 0.1) is 5.92 Å². The molecule has 0 fully saturated rings. The van der Waals surface area contributed by atoms with Gasteiger partial charge < -0.3 is 31.8 Å². The van der Waals surface area contributed by atoms with Gasteiger partial charge in [0.15, 0.2) is 0 Å². The van der Waals surface area contributed by atoms with Gasteiger partial charge >= 0.3 is 5.97 Å². The molecule has 0 spiro atoms. The van der Waals surface area contributed by atoms with Crippen LogP contribution in [0.5, 0.6) is 0 Å². The van der Waals surface area contributed by atoms with E-state index in [4.69, 9.17) is 5.73 Å². The summed E-state index contributed by atoms with van der Waals surface area (Å²) in [5.41, 5.74) is 7.70. The molecule has 5 atom stereocenters. The van der Waals surface area contributed by atoms with Gasteiger partial charge in [-0.2, -0.15) is 24.4 Å². The van der Waals surface area contributed by atoms with Crippen molar-refractivity contribution in [3.63, 3.8) is 0 Å². The van der Waals surface area contributed by atoms with Crippen LogP contribution >= 0.6 is 24.4 Å². The van der Waals surface area contributed by atoms with Gasteiger partial charge in [0.25, 0.3) is 0 Å². The van der Waals surface area contributed by atoms with Crippen LogP contribution in [0.2, 0.25) is 0 Å². The Kier molecular flexibility index (Phi) is 12.3. The van der Waals surface area contributed by atoms with Crippen molar-refractivity contribution in [2.45, 2.75) is 57.3 Å². The molecule has 12 heteroatoms. The number of para-hydroxylation sites is 1. The maximum atomic E-state index is 13.3. The minimum atomic E-state index is -1.23. The molecule has 0 saturated carbocycles. The molecule has 37 heavy (non-hydrogen) atoms. The van der Waals surface area contributed by atoms with Gasteiger partial charge in [0.05, 0.1) is 6.04 Å². The maximum absolute atomic E-state index is 13.3. The lowest BCUT2D eigenvalue weighted by Crippen LogP contribution is -2.58. The van der Waals surface area contributed by atoms with E-state index in [1.165, 1.54) is 11.8 Å². The first kappa shape index (κ1) is 30.5. The van der Waals surface area contributed by atoms with Crippen LogP contribution in [0.4, 0.5) is 0 Å². The number of amides is 3. The molecule has 2 aromatic rings. The second-order valence-electron chi connectivity index (χ2n) is 8.96. The number of aliphatic carboxylic acids is 1. The van der Waals surface area contributed by atoms with Gasteiger partial charge in [0.1, 0.15) is 18.1 Å². The van der Waals surface area contributed by atoms with Crippen LogP contribution in [0.25, 0.3) is 10.9 Å². The van der Waals surface area contributed by atoms with Crippen LogP contribution in [-0.2, 0) is 25.6 Å². The van der Waals surface area contributed by atoms with Crippen molar-refractivity contribution in [1.29, 1.82) is 0 Å². The first-order chi connectivity index (χ1) is 17.6. The summed E-state index contributed by atoms with van der Waals surface area (Å²) < 4.78 is 0. The number of thiol groups is 1. The van der Waals surface area contributed by atoms with E-state index in [0.717, 1.165) is 16.5 Å². The molecule has 1 heterocycles. The van der Waals surface area contributed by atoms with E-state index in [-0.39, 0.29) is 18.1 Å². The number of nitrogens with one attached hydrogen (secondary N) is 4. The van der Waals surface area contributed by atoms with Gasteiger partial charge in [0, 0.05) is 29.3 Å². The number of hydrogen-bond acceptors (Lipinski definition) is 7. The Hall–Kier alpha value is -2.70. The number of hydrogen-bond donors (Lipinski definition) is 7. The molecule has 5 unspecified atom stereocenters. The fraction of sp³-hybridized carbons (Fsp3) is 0.520. The highest BCUT2D eigenvalue weighted by molar-refractivity contribution is 7.98. The number of carbonyl (C=O) groups is 4. The van der Waals surface area contributed by atoms with Crippen molar-refractivity contribution < 1.29 is 24.3 Å². The number of carboxylic acid groups (broad SMARTS) is 1. The standard InChI is InChI=1S/C25H37N5O5S2/c1-4-14(2)21(26)24(33)28-18(9-10-37-3)22(31)29-19(23(32)30-20(13-36)25(34)35)11-15-12-27-17-8-6-5-7-16(15)17/h5-8,12,14,18-21,27,36H,4,9-11,13,26H2,1-3H3,(H,28,33)(H,29,31)(H,30,32)(H,34,35). The summed E-state index contributed by atoms with van der Waals surface area (Å²) in [5, 5.41) is 18.2. The summed E-state index contributed by atoms with van der Waals surface area (Å²) in [5.74, 6) is -2.47. The molecule has 1 aromatic heterocycles. The summed E-state index contributed by atoms with van der Waals surface area (Å²) in [6.07, 6.45) is 4.79. The average molecular weight is 552 g/mol. The van der Waals surface area contributed by atoms with Crippen molar-refractivity contribution in [2.24, 2.45) is 11.7 Å². The summed E-state index contributed by atoms with van der Waals surface area (Å²) >= 11 is 5.53. The Labute approximate surface area is 226 Å². The molecule has 10 nitrogen and oxygen atoms in total. The van der Waals surface area contributed by atoms with Crippen LogP contribution in [0.3, 0.4) is 0 Å². The molecule has 0 aliphatic rings. The number of aromatic amines is 1. The minimum Gasteiger partial charge on any atom is -0.480 e. The highest BCUT2D eigenvalue weighted by Crippen LogP contribution is 2.19. The van der Waals surface area contributed by atoms with Gasteiger partial charge in [-0.25, -0.2) is 4.79 Å². The third-order valence-corrected chi connectivity index (χ3v) is 7.34. The Morgan fingerprint density at radius 1 is 1.05 bits per heavy atom. The molecule has 7 N–H and O–H groups in total. The van der Waals surface area contributed by atoms with Crippen molar-refractivity contribution in [2.75, 3.05) is 17.8 Å². The Balaban J connectivity index is 2.29. The number of fused-ring (bicyclic) bond motifs is 1. The van der Waals surface area contributed by atoms with Gasteiger partial charge in [0.2, 0.25) is 17.7 Å². The fourth-order valence-electron chi connectivity index (χ4n) is 3.74. The largest absolute Gasteiger partial charge is 0.480 e. The SMILES string of the molecule is CCC(C)C(N)C(=O)NC(CCSC)C(=O)NC(Cc1c[nH]c2ccccc12)C(=O)NC(CS)C(=O)O. The Bertz CT molecular complexity index is 1080. The first-order valence-electron chi connectivity index (χ1n) is 12.2. The summed E-state index contributed by atoms with van der Waals surface area (Å²) in [6, 6.07) is 3.53. The minimum absolute atomic E-state index is 0.0705. The molecule has 1 aromatic carbocycles. The van der Waals surface area contributed by atoms with Gasteiger partial charge in [-0.05, 0) is 36.0 Å². The lowest BCUT2D eigenvalue weighted by molar-refractivity contribution is -0.141. The van der Waals surface area contributed by atoms with E-state index in [2.05, 4.69) is 33.6 Å². The summed E-state index contributed by atoms with van der Waals surface area (Å²) in [6.45, 7) is 3.79. The molecule has 0 aliphatic heterocycles. The molecule has 0 aliphatic carbocycles. The van der Waals surface area contributed by atoms with Gasteiger partial charge in [-0.15, -0.1) is 0 Å². The van der Waals surface area contributed by atoms with Gasteiger partial charge in [-0.3, -0.25) is 14.4 Å². The number of nitrogens with two attached hydrogens (primary N) is 1. The molecule has 3 amide bonds. The second-order valence-corrected chi connectivity index (χ2v) is 10.3. The molecule has 2 rings (SSSR count). The van der Waals surface area contributed by atoms with E-state index in [1.54, 1.807) is 6.20 Å². The zero-order chi connectivity index (χ0) is 27.5. The van der Waals surface area contributed by atoms with E-state index in [1.807, 2.05) is 44.4 Å². The Morgan fingerprint density at radius 3 is 2.30 bits per heavy atom. The zero-order valence-corrected chi connectivity index (χ0v) is 23.0. The van der Waals surface area contributed by atoms with Crippen molar-refractivity contribution in [1.82, 2.24) is 20.9 Å². The van der Waals surface area contributed by atoms with Crippen molar-refractivity contribution >= 4 is 59.0 Å². The molecule has 204 valence electrons. The third kappa shape index (κ3) is 8.68. The van der Waals surface area contributed by atoms with Crippen molar-refractivity contribution in [3.05, 3.63) is 36.0 Å². The maximum Gasteiger partial charge on any atom is 0.327 e. The van der Waals surface area contributed by atoms with Crippen LogP contribution in [0.1, 0.15) is 32.3 Å². The lowest BCUT2D eigenvalue weighted by atomic mass is 9.99. The topological polar surface area (TPSA) is 166 Å². The number of H-pyrrole nitrogens is 1. The lowest BCUT2D eigenvalue weighted by Gasteiger charge is -2.26. The Morgan fingerprint density at radius 2 is 1.68 bits per heavy atom. The summed E-state index contributed by atoms with van der Waals surface area (Å²) in [7, 11) is 0. The highest BCUT2D eigenvalue weighted by atomic mass is 32.2. The monoisotopic (exact) mass is 551 g/mol. The summed E-state index contributed by atoms with van der Waals surface area (Å²) in [4.78, 5) is 53.8. The van der Waals surface area contributed by atoms with Crippen molar-refractivity contribution in [3.8, 4) is 0 Å². The molecule has 0 bridgehead atoms. The predicted octanol–water partition coefficient (Wildman–Crippen LogP) is 1.31. The molecular formula is C25H37N5O5S2. The van der Waals surface area contributed by atoms with Crippen LogP contribution < -0.4 is 21.7 Å². The van der Waals surface area contributed by atoms with E-state index >= 15 is 0 Å². The first-order valence-corrected chi connectivity index (χ1v) is 14.2. The molecule has 0 saturated heterocycles. The number of carboxylic acids is 1. The number of rotatable bonds is 15. The highest BCUT2D eigenvalue weighted by Gasteiger charge is 2.31. The predicted molar refractivity (Wildman–Crippen MR) is 150 cm³/mol. The number of carbonyl (C=O) groups excluding carboxylic acids is 3. The number of benzene rings is 1. The second kappa shape index (κ2) is 14.9. The normalized spacial score (nSPS) is 15.3.